The zero-order chi connectivity index (χ0) is 21.0. The van der Waals surface area contributed by atoms with Crippen molar-refractivity contribution >= 4 is 11.2 Å². The molecule has 2 aromatic heterocycles. The van der Waals surface area contributed by atoms with Gasteiger partial charge in [-0.05, 0) is 36.3 Å². The van der Waals surface area contributed by atoms with Crippen LogP contribution in [-0.2, 0) is 12.8 Å². The monoisotopic (exact) mass is 405 g/mol. The van der Waals surface area contributed by atoms with Crippen LogP contribution in [0.3, 0.4) is 0 Å². The van der Waals surface area contributed by atoms with Crippen molar-refractivity contribution in [3.63, 3.8) is 0 Å². The third kappa shape index (κ3) is 4.39. The molecule has 4 aromatic rings. The van der Waals surface area contributed by atoms with Gasteiger partial charge in [-0.1, -0.05) is 42.3 Å². The van der Waals surface area contributed by atoms with Gasteiger partial charge in [0.25, 0.3) is 0 Å². The highest BCUT2D eigenvalue weighted by atomic mass is 19.4. The highest BCUT2D eigenvalue weighted by Crippen LogP contribution is 2.32. The molecule has 148 valence electrons. The Hall–Kier alpha value is -3.92. The molecule has 4 rings (SSSR count). The van der Waals surface area contributed by atoms with E-state index in [9.17, 15) is 13.2 Å². The van der Waals surface area contributed by atoms with Crippen LogP contribution in [0, 0.1) is 11.8 Å². The second kappa shape index (κ2) is 8.21. The van der Waals surface area contributed by atoms with Crippen LogP contribution < -0.4 is 4.74 Å². The minimum Gasteiger partial charge on any atom is -0.471 e. The molecule has 7 heteroatoms. The maximum atomic E-state index is 13.3. The summed E-state index contributed by atoms with van der Waals surface area (Å²) < 4.78 is 45.4. The smallest absolute Gasteiger partial charge is 0.416 e. The molecule has 2 aromatic carbocycles. The highest BCUT2D eigenvalue weighted by Gasteiger charge is 2.33. The van der Waals surface area contributed by atoms with Crippen LogP contribution in [0.4, 0.5) is 13.2 Å². The van der Waals surface area contributed by atoms with Gasteiger partial charge in [0, 0.05) is 17.3 Å². The number of nitrogens with zero attached hydrogens (tertiary/aromatic N) is 3. The van der Waals surface area contributed by atoms with E-state index in [0.29, 0.717) is 11.2 Å². The zero-order valence-corrected chi connectivity index (χ0v) is 15.5. The van der Waals surface area contributed by atoms with E-state index < -0.39 is 11.7 Å². The largest absolute Gasteiger partial charge is 0.471 e. The Morgan fingerprint density at radius 2 is 1.60 bits per heavy atom. The van der Waals surface area contributed by atoms with Gasteiger partial charge in [0.2, 0.25) is 5.88 Å². The van der Waals surface area contributed by atoms with Crippen molar-refractivity contribution in [2.45, 2.75) is 12.8 Å². The lowest BCUT2D eigenvalue weighted by Gasteiger charge is -2.13. The molecule has 0 bridgehead atoms. The average molecular weight is 405 g/mol. The van der Waals surface area contributed by atoms with Gasteiger partial charge < -0.3 is 4.74 Å². The molecule has 0 fully saturated rings. The SMILES string of the molecule is FC(F)(F)c1ccccc1COc1nc2cccnc2nc1C#Cc1ccccc1. The Kier molecular flexibility index (Phi) is 5.31. The van der Waals surface area contributed by atoms with E-state index in [4.69, 9.17) is 4.74 Å². The normalized spacial score (nSPS) is 11.0. The summed E-state index contributed by atoms with van der Waals surface area (Å²) in [5.74, 6) is 5.90. The van der Waals surface area contributed by atoms with Gasteiger partial charge >= 0.3 is 6.18 Å². The van der Waals surface area contributed by atoms with E-state index >= 15 is 0 Å². The van der Waals surface area contributed by atoms with Crippen LogP contribution in [0.2, 0.25) is 0 Å². The van der Waals surface area contributed by atoms with E-state index in [2.05, 4.69) is 26.8 Å². The van der Waals surface area contributed by atoms with Crippen LogP contribution in [0.1, 0.15) is 22.4 Å². The van der Waals surface area contributed by atoms with E-state index in [-0.39, 0.29) is 23.7 Å². The molecule has 0 saturated carbocycles. The zero-order valence-electron chi connectivity index (χ0n) is 15.5. The number of pyridine rings is 1. The standard InChI is InChI=1S/C23H14F3N3O/c24-23(25,26)18-10-5-4-9-17(18)15-30-22-20(13-12-16-7-2-1-3-8-16)28-21-19(29-22)11-6-14-27-21/h1-11,14H,15H2. The predicted octanol–water partition coefficient (Wildman–Crippen LogP) is 5.02. The Morgan fingerprint density at radius 3 is 2.40 bits per heavy atom. The third-order valence-electron chi connectivity index (χ3n) is 4.19. The van der Waals surface area contributed by atoms with Gasteiger partial charge in [-0.3, -0.25) is 0 Å². The van der Waals surface area contributed by atoms with Crippen molar-refractivity contribution in [2.75, 3.05) is 0 Å². The van der Waals surface area contributed by atoms with Gasteiger partial charge in [-0.2, -0.15) is 13.2 Å². The number of ether oxygens (including phenoxy) is 1. The number of hydrogen-bond acceptors (Lipinski definition) is 4. The predicted molar refractivity (Wildman–Crippen MR) is 106 cm³/mol. The lowest BCUT2D eigenvalue weighted by atomic mass is 10.1. The summed E-state index contributed by atoms with van der Waals surface area (Å²) in [6.07, 6.45) is -2.90. The summed E-state index contributed by atoms with van der Waals surface area (Å²) in [6, 6.07) is 17.9. The molecule has 0 aliphatic carbocycles. The second-order valence-corrected chi connectivity index (χ2v) is 6.28. The van der Waals surface area contributed by atoms with E-state index in [1.165, 1.54) is 18.2 Å². The average Bonchev–Trinajstić information content (AvgIpc) is 2.76. The summed E-state index contributed by atoms with van der Waals surface area (Å²) in [5, 5.41) is 0. The molecule has 0 unspecified atom stereocenters. The van der Waals surface area contributed by atoms with Crippen molar-refractivity contribution in [2.24, 2.45) is 0 Å². The van der Waals surface area contributed by atoms with E-state index in [1.807, 2.05) is 30.3 Å². The lowest BCUT2D eigenvalue weighted by Crippen LogP contribution is -2.11. The molecule has 0 aliphatic heterocycles. The maximum absolute atomic E-state index is 13.3. The summed E-state index contributed by atoms with van der Waals surface area (Å²) >= 11 is 0. The van der Waals surface area contributed by atoms with Crippen LogP contribution in [0.15, 0.2) is 72.9 Å². The van der Waals surface area contributed by atoms with Crippen molar-refractivity contribution in [3.05, 3.63) is 95.3 Å². The number of benzene rings is 2. The number of aromatic nitrogens is 3. The van der Waals surface area contributed by atoms with Crippen LogP contribution in [0.25, 0.3) is 11.2 Å². The summed E-state index contributed by atoms with van der Waals surface area (Å²) in [6.45, 7) is -0.323. The third-order valence-corrected chi connectivity index (χ3v) is 4.19. The molecule has 0 atom stereocenters. The molecule has 0 aliphatic rings. The number of halogens is 3. The molecule has 0 N–H and O–H groups in total. The number of hydrogen-bond donors (Lipinski definition) is 0. The van der Waals surface area contributed by atoms with Gasteiger partial charge in [0.05, 0.1) is 5.56 Å². The van der Waals surface area contributed by atoms with Crippen LogP contribution in [-0.4, -0.2) is 15.0 Å². The highest BCUT2D eigenvalue weighted by molar-refractivity contribution is 5.71. The fourth-order valence-electron chi connectivity index (χ4n) is 2.78. The van der Waals surface area contributed by atoms with Crippen molar-refractivity contribution in [1.29, 1.82) is 0 Å². The molecule has 30 heavy (non-hydrogen) atoms. The molecule has 0 saturated heterocycles. The Balaban J connectivity index is 1.71. The Bertz CT molecular complexity index is 1250. The first kappa shape index (κ1) is 19.4. The fourth-order valence-corrected chi connectivity index (χ4v) is 2.78. The van der Waals surface area contributed by atoms with Crippen molar-refractivity contribution < 1.29 is 17.9 Å². The molecule has 0 radical (unpaired) electrons. The van der Waals surface area contributed by atoms with Crippen LogP contribution in [0.5, 0.6) is 5.88 Å². The number of fused-ring (bicyclic) bond motifs is 1. The first-order valence-electron chi connectivity index (χ1n) is 8.98. The van der Waals surface area contributed by atoms with Gasteiger partial charge in [0.15, 0.2) is 11.3 Å². The molecule has 0 amide bonds. The quantitative estimate of drug-likeness (QED) is 0.449. The summed E-state index contributed by atoms with van der Waals surface area (Å²) in [4.78, 5) is 12.9. The van der Waals surface area contributed by atoms with Crippen molar-refractivity contribution in [3.8, 4) is 17.7 Å². The van der Waals surface area contributed by atoms with E-state index in [0.717, 1.165) is 11.6 Å². The molecular formula is C23H14F3N3O. The van der Waals surface area contributed by atoms with Crippen molar-refractivity contribution in [1.82, 2.24) is 15.0 Å². The molecular weight excluding hydrogens is 391 g/mol. The minimum atomic E-state index is -4.48. The maximum Gasteiger partial charge on any atom is 0.416 e. The summed E-state index contributed by atoms with van der Waals surface area (Å²) in [7, 11) is 0. The topological polar surface area (TPSA) is 47.9 Å². The first-order valence-corrected chi connectivity index (χ1v) is 8.98. The molecule has 2 heterocycles. The lowest BCUT2D eigenvalue weighted by molar-refractivity contribution is -0.138. The minimum absolute atomic E-state index is 0.0000483. The van der Waals surface area contributed by atoms with Gasteiger partial charge in [-0.25, -0.2) is 15.0 Å². The van der Waals surface area contributed by atoms with Crippen LogP contribution >= 0.6 is 0 Å². The summed E-state index contributed by atoms with van der Waals surface area (Å²) in [5.41, 5.74) is 1.04. The molecule has 0 spiro atoms. The Labute approximate surface area is 170 Å². The second-order valence-electron chi connectivity index (χ2n) is 6.28. The van der Waals surface area contributed by atoms with E-state index in [1.54, 1.807) is 18.3 Å². The first-order chi connectivity index (χ1) is 14.5. The Morgan fingerprint density at radius 1 is 0.833 bits per heavy atom. The van der Waals surface area contributed by atoms with Gasteiger partial charge in [-0.15, -0.1) is 0 Å². The van der Waals surface area contributed by atoms with Gasteiger partial charge in [0.1, 0.15) is 12.1 Å². The number of rotatable bonds is 3. The molecule has 4 nitrogen and oxygen atoms in total. The fraction of sp³-hybridized carbons (Fsp3) is 0.0870. The number of alkyl halides is 3.